The van der Waals surface area contributed by atoms with Crippen LogP contribution in [-0.4, -0.2) is 89.9 Å². The number of anilines is 2. The van der Waals surface area contributed by atoms with E-state index in [2.05, 4.69) is 21.1 Å². The molecule has 0 aromatic heterocycles. The fourth-order valence-corrected chi connectivity index (χ4v) is 3.39. The summed E-state index contributed by atoms with van der Waals surface area (Å²) in [6.45, 7) is 7.36. The highest BCUT2D eigenvalue weighted by molar-refractivity contribution is 6.05. The van der Waals surface area contributed by atoms with E-state index in [0.29, 0.717) is 17.7 Å². The molecule has 2 aromatic rings. The first-order chi connectivity index (χ1) is 20.7. The van der Waals surface area contributed by atoms with Crippen molar-refractivity contribution in [2.24, 2.45) is 5.73 Å². The first kappa shape index (κ1) is 42.8. The number of nitrogens with two attached hydrogens (primary N) is 1. The van der Waals surface area contributed by atoms with Crippen LogP contribution in [0.2, 0.25) is 0 Å². The molecule has 13 heteroatoms. The Hall–Kier alpha value is -4.62. The highest BCUT2D eigenvalue weighted by atomic mass is 16.5. The third-order valence-electron chi connectivity index (χ3n) is 4.83. The summed E-state index contributed by atoms with van der Waals surface area (Å²) in [4.78, 5) is 63.3. The third kappa shape index (κ3) is 17.1. The lowest BCUT2D eigenvalue weighted by molar-refractivity contribution is -0.142. The molecule has 0 bridgehead atoms. The summed E-state index contributed by atoms with van der Waals surface area (Å²) in [5, 5.41) is 5.91. The minimum atomic E-state index is -0.432. The highest BCUT2D eigenvalue weighted by Gasteiger charge is 2.32. The lowest BCUT2D eigenvalue weighted by Crippen LogP contribution is -2.49. The van der Waals surface area contributed by atoms with E-state index in [9.17, 15) is 14.4 Å². The molecule has 0 spiro atoms. The number of ether oxygens (including phenoxy) is 3. The number of esters is 1. The average molecular weight is 607 g/mol. The van der Waals surface area contributed by atoms with E-state index in [0.717, 1.165) is 29.4 Å². The maximum Gasteiger partial charge on any atom is 0.307 e. The maximum atomic E-state index is 13.2. The van der Waals surface area contributed by atoms with Crippen LogP contribution in [0.15, 0.2) is 42.5 Å². The molecule has 1 aliphatic rings. The Kier molecular flexibility index (Phi) is 28.8. The first-order valence-electron chi connectivity index (χ1n) is 13.1. The molecule has 13 nitrogen and oxygen atoms in total. The van der Waals surface area contributed by atoms with Crippen LogP contribution in [0.25, 0.3) is 11.1 Å². The van der Waals surface area contributed by atoms with Gasteiger partial charge < -0.3 is 45.1 Å². The number of methoxy groups -OCH3 is 3. The zero-order chi connectivity index (χ0) is 33.6. The molecule has 0 saturated heterocycles. The molecule has 0 radical (unpaired) electrons. The predicted octanol–water partition coefficient (Wildman–Crippen LogP) is 3.13. The number of aldehydes is 2. The van der Waals surface area contributed by atoms with E-state index in [4.69, 9.17) is 23.9 Å². The number of rotatable bonds is 8. The number of carbonyl (C=O) groups is 6. The van der Waals surface area contributed by atoms with Crippen LogP contribution in [-0.2, 0) is 38.2 Å². The molecule has 1 unspecified atom stereocenters. The summed E-state index contributed by atoms with van der Waals surface area (Å²) in [6.07, 6.45) is 2.43. The number of nitrogens with one attached hydrogen (secondary N) is 2. The number of hydrogen-bond acceptors (Lipinski definition) is 10. The van der Waals surface area contributed by atoms with Crippen molar-refractivity contribution in [2.75, 3.05) is 52.3 Å². The van der Waals surface area contributed by atoms with E-state index >= 15 is 0 Å². The number of nitrogens with zero attached hydrogens (tertiary/aromatic N) is 1. The molecular formula is C30H46N4O9. The highest BCUT2D eigenvalue weighted by Crippen LogP contribution is 2.35. The predicted molar refractivity (Wildman–Crippen MR) is 167 cm³/mol. The molecule has 2 aromatic carbocycles. The minimum Gasteiger partial charge on any atom is -0.469 e. The third-order valence-corrected chi connectivity index (χ3v) is 4.83. The fourth-order valence-electron chi connectivity index (χ4n) is 3.39. The topological polar surface area (TPSA) is 183 Å². The zero-order valence-electron chi connectivity index (χ0n) is 26.2. The van der Waals surface area contributed by atoms with Gasteiger partial charge in [0.05, 0.1) is 44.1 Å². The number of para-hydroxylation sites is 1. The summed E-state index contributed by atoms with van der Waals surface area (Å²) < 4.78 is 14.2. The molecule has 1 atom stereocenters. The van der Waals surface area contributed by atoms with E-state index in [1.54, 1.807) is 37.3 Å². The van der Waals surface area contributed by atoms with Crippen molar-refractivity contribution in [1.82, 2.24) is 4.90 Å². The monoisotopic (exact) mass is 606 g/mol. The zero-order valence-corrected chi connectivity index (χ0v) is 26.2. The normalized spacial score (nSPS) is 10.8. The molecule has 3 amide bonds. The number of primary amides is 1. The number of hydrogen-bond donors (Lipinski definition) is 3. The first-order valence-corrected chi connectivity index (χ1v) is 13.1. The molecule has 4 N–H and O–H groups in total. The molecule has 0 aliphatic carbocycles. The quantitative estimate of drug-likeness (QED) is 0.298. The average Bonchev–Trinajstić information content (AvgIpc) is 3.00. The van der Waals surface area contributed by atoms with Crippen LogP contribution in [0.3, 0.4) is 0 Å². The summed E-state index contributed by atoms with van der Waals surface area (Å²) in [5.74, 6) is -0.575. The minimum absolute atomic E-state index is 0.0535. The number of carbonyl (C=O) groups excluding carboxylic acids is 6. The van der Waals surface area contributed by atoms with Gasteiger partial charge in [0.25, 0.3) is 5.91 Å². The number of amides is 3. The molecule has 1 heterocycles. The molecule has 240 valence electrons. The van der Waals surface area contributed by atoms with Crippen LogP contribution in [0.4, 0.5) is 11.4 Å². The molecule has 3 rings (SSSR count). The van der Waals surface area contributed by atoms with E-state index in [1.165, 1.54) is 28.1 Å². The van der Waals surface area contributed by atoms with Gasteiger partial charge in [0.1, 0.15) is 12.6 Å². The van der Waals surface area contributed by atoms with E-state index in [-0.39, 0.29) is 32.0 Å². The molecule has 43 heavy (non-hydrogen) atoms. The Labute approximate surface area is 254 Å². The standard InChI is InChI=1S/C21H23N3O5.C2H6O.2C2H4O.C2H6.CH3NO/c1-28-11-16(10-19(26)29-2)24-12-22-20-17(4-3-5-18(20)21(24)27)14-6-8-15(9-7-14)23-13-25;1-3-2;2*1-2-3;1-2;2-1-3/h3-9,13,16,22H,10-12H2,1-2H3,(H,23,25);1-2H3;2*2H,1H3;1-2H3;1H,(H2,2,3). The van der Waals surface area contributed by atoms with Crippen molar-refractivity contribution < 1.29 is 43.0 Å². The van der Waals surface area contributed by atoms with Crippen LogP contribution < -0.4 is 16.4 Å². The largest absolute Gasteiger partial charge is 0.469 e. The Morgan fingerprint density at radius 1 is 0.977 bits per heavy atom. The van der Waals surface area contributed by atoms with Gasteiger partial charge >= 0.3 is 5.97 Å². The van der Waals surface area contributed by atoms with Crippen LogP contribution in [0, 0.1) is 0 Å². The van der Waals surface area contributed by atoms with E-state index in [1.807, 2.05) is 38.1 Å². The van der Waals surface area contributed by atoms with Gasteiger partial charge in [0.15, 0.2) is 0 Å². The van der Waals surface area contributed by atoms with Crippen molar-refractivity contribution in [3.8, 4) is 11.1 Å². The SMILES string of the molecule is CC.CC=O.CC=O.COC.COCC(CC(=O)OC)N1CNc2c(cccc2-c2ccc(NC=O)cc2)C1=O.NC=O. The maximum absolute atomic E-state index is 13.2. The fraction of sp³-hybridized carbons (Fsp3) is 0.400. The number of fused-ring (bicyclic) bond motifs is 1. The molecule has 1 aliphatic heterocycles. The van der Waals surface area contributed by atoms with Crippen molar-refractivity contribution in [3.63, 3.8) is 0 Å². The Bertz CT molecular complexity index is 1050. The van der Waals surface area contributed by atoms with Gasteiger partial charge in [0, 0.05) is 32.6 Å². The van der Waals surface area contributed by atoms with Crippen LogP contribution in [0.1, 0.15) is 44.5 Å². The lowest BCUT2D eigenvalue weighted by Gasteiger charge is -2.36. The Balaban J connectivity index is -0.000000975. The number of benzene rings is 2. The second-order valence-corrected chi connectivity index (χ2v) is 7.58. The van der Waals surface area contributed by atoms with Gasteiger partial charge in [-0.15, -0.1) is 0 Å². The summed E-state index contributed by atoms with van der Waals surface area (Å²) >= 11 is 0. The molecular weight excluding hydrogens is 560 g/mol. The van der Waals surface area contributed by atoms with E-state index < -0.39 is 12.0 Å². The summed E-state index contributed by atoms with van der Waals surface area (Å²) in [5.41, 5.74) is 7.90. The lowest BCUT2D eigenvalue weighted by atomic mass is 9.97. The second-order valence-electron chi connectivity index (χ2n) is 7.58. The van der Waals surface area contributed by atoms with Gasteiger partial charge in [-0.25, -0.2) is 0 Å². The van der Waals surface area contributed by atoms with Crippen molar-refractivity contribution >= 4 is 48.6 Å². The summed E-state index contributed by atoms with van der Waals surface area (Å²) in [7, 11) is 6.10. The molecule has 0 fully saturated rings. The van der Waals surface area contributed by atoms with Gasteiger partial charge in [-0.3, -0.25) is 19.2 Å². The van der Waals surface area contributed by atoms with Crippen molar-refractivity contribution in [1.29, 1.82) is 0 Å². The van der Waals surface area contributed by atoms with Gasteiger partial charge in [-0.05, 0) is 37.6 Å². The second kappa shape index (κ2) is 28.9. The van der Waals surface area contributed by atoms with Gasteiger partial charge in [-0.1, -0.05) is 38.1 Å². The van der Waals surface area contributed by atoms with Gasteiger partial charge in [-0.2, -0.15) is 0 Å². The Morgan fingerprint density at radius 2 is 1.47 bits per heavy atom. The van der Waals surface area contributed by atoms with Crippen LogP contribution in [0.5, 0.6) is 0 Å². The summed E-state index contributed by atoms with van der Waals surface area (Å²) in [6, 6.07) is 12.4. The smallest absolute Gasteiger partial charge is 0.307 e. The van der Waals surface area contributed by atoms with Crippen molar-refractivity contribution in [3.05, 3.63) is 48.0 Å². The Morgan fingerprint density at radius 3 is 1.91 bits per heavy atom. The van der Waals surface area contributed by atoms with Crippen molar-refractivity contribution in [2.45, 2.75) is 40.2 Å². The van der Waals surface area contributed by atoms with Gasteiger partial charge in [0.2, 0.25) is 12.8 Å². The molecule has 0 saturated carbocycles. The van der Waals surface area contributed by atoms with Crippen LogP contribution >= 0.6 is 0 Å².